The molecule has 1 aliphatic carbocycles. The minimum absolute atomic E-state index is 0.0409. The highest BCUT2D eigenvalue weighted by atomic mass is 16.5. The van der Waals surface area contributed by atoms with Crippen molar-refractivity contribution in [2.24, 2.45) is 11.7 Å². The van der Waals surface area contributed by atoms with Gasteiger partial charge in [0.05, 0.1) is 19.0 Å². The number of carbonyl (C=O) groups excluding carboxylic acids is 1. The summed E-state index contributed by atoms with van der Waals surface area (Å²) >= 11 is 0. The molecule has 1 aromatic rings. The molecule has 19 heavy (non-hydrogen) atoms. The van der Waals surface area contributed by atoms with Crippen LogP contribution >= 0.6 is 0 Å². The number of nitrogens with two attached hydrogens (primary N) is 1. The number of pyridine rings is 1. The summed E-state index contributed by atoms with van der Waals surface area (Å²) in [5.74, 6) is 0.623. The number of primary amides is 1. The largest absolute Gasteiger partial charge is 0.493 e. The average Bonchev–Trinajstić information content (AvgIpc) is 2.39. The molecular formula is C14H21N3O2. The van der Waals surface area contributed by atoms with E-state index in [4.69, 9.17) is 10.5 Å². The molecule has 0 bridgehead atoms. The fourth-order valence-electron chi connectivity index (χ4n) is 2.56. The normalized spacial score (nSPS) is 22.8. The van der Waals surface area contributed by atoms with Gasteiger partial charge in [0.25, 0.3) is 0 Å². The van der Waals surface area contributed by atoms with Crippen LogP contribution in [-0.2, 0) is 4.79 Å². The second-order valence-corrected chi connectivity index (χ2v) is 5.12. The number of carbonyl (C=O) groups is 1. The molecule has 1 aliphatic rings. The molecule has 1 aromatic heterocycles. The van der Waals surface area contributed by atoms with Gasteiger partial charge in [-0.1, -0.05) is 0 Å². The lowest BCUT2D eigenvalue weighted by molar-refractivity contribution is -0.122. The Morgan fingerprint density at radius 2 is 2.11 bits per heavy atom. The van der Waals surface area contributed by atoms with Gasteiger partial charge in [-0.25, -0.2) is 0 Å². The van der Waals surface area contributed by atoms with Gasteiger partial charge >= 0.3 is 0 Å². The van der Waals surface area contributed by atoms with Gasteiger partial charge in [0.15, 0.2) is 5.75 Å². The van der Waals surface area contributed by atoms with Gasteiger partial charge in [-0.2, -0.15) is 0 Å². The molecule has 1 fully saturated rings. The lowest BCUT2D eigenvalue weighted by Gasteiger charge is -2.28. The number of aryl methyl sites for hydroxylation is 1. The Labute approximate surface area is 113 Å². The maximum Gasteiger partial charge on any atom is 0.220 e. The maximum atomic E-state index is 11.1. The van der Waals surface area contributed by atoms with E-state index in [9.17, 15) is 4.79 Å². The second kappa shape index (κ2) is 5.91. The predicted molar refractivity (Wildman–Crippen MR) is 74.1 cm³/mol. The SMILES string of the molecule is COc1cnc(C)cc1NC1CCC(C(N)=O)CC1. The molecule has 104 valence electrons. The minimum atomic E-state index is -0.171. The third kappa shape index (κ3) is 3.36. The lowest BCUT2D eigenvalue weighted by Crippen LogP contribution is -2.32. The molecule has 5 nitrogen and oxygen atoms in total. The average molecular weight is 263 g/mol. The van der Waals surface area contributed by atoms with Crippen molar-refractivity contribution in [3.8, 4) is 5.75 Å². The van der Waals surface area contributed by atoms with E-state index in [1.165, 1.54) is 0 Å². The number of rotatable bonds is 4. The number of anilines is 1. The molecule has 0 aromatic carbocycles. The monoisotopic (exact) mass is 263 g/mol. The van der Waals surface area contributed by atoms with Gasteiger partial charge in [-0.05, 0) is 38.7 Å². The van der Waals surface area contributed by atoms with Crippen molar-refractivity contribution in [3.63, 3.8) is 0 Å². The summed E-state index contributed by atoms with van der Waals surface area (Å²) in [4.78, 5) is 15.4. The third-order valence-electron chi connectivity index (χ3n) is 3.71. The number of amides is 1. The number of methoxy groups -OCH3 is 1. The Kier molecular flexibility index (Phi) is 4.24. The van der Waals surface area contributed by atoms with Gasteiger partial charge in [0.2, 0.25) is 5.91 Å². The predicted octanol–water partition coefficient (Wildman–Crippen LogP) is 1.85. The fourth-order valence-corrected chi connectivity index (χ4v) is 2.56. The highest BCUT2D eigenvalue weighted by Gasteiger charge is 2.25. The summed E-state index contributed by atoms with van der Waals surface area (Å²) in [6, 6.07) is 2.35. The van der Waals surface area contributed by atoms with Crippen LogP contribution in [0, 0.1) is 12.8 Å². The molecule has 1 amide bonds. The van der Waals surface area contributed by atoms with Crippen LogP contribution in [0.4, 0.5) is 5.69 Å². The van der Waals surface area contributed by atoms with E-state index >= 15 is 0 Å². The number of aromatic nitrogens is 1. The van der Waals surface area contributed by atoms with Crippen LogP contribution in [0.2, 0.25) is 0 Å². The van der Waals surface area contributed by atoms with E-state index in [2.05, 4.69) is 10.3 Å². The van der Waals surface area contributed by atoms with E-state index in [1.807, 2.05) is 13.0 Å². The first-order valence-corrected chi connectivity index (χ1v) is 6.66. The molecule has 3 N–H and O–H groups in total. The summed E-state index contributed by atoms with van der Waals surface area (Å²) in [5.41, 5.74) is 7.27. The van der Waals surface area contributed by atoms with Crippen molar-refractivity contribution in [2.45, 2.75) is 38.6 Å². The number of nitrogens with zero attached hydrogens (tertiary/aromatic N) is 1. The summed E-state index contributed by atoms with van der Waals surface area (Å²) in [6.45, 7) is 1.95. The summed E-state index contributed by atoms with van der Waals surface area (Å²) in [5, 5.41) is 3.48. The molecule has 0 atom stereocenters. The zero-order valence-corrected chi connectivity index (χ0v) is 11.5. The molecule has 1 heterocycles. The van der Waals surface area contributed by atoms with Gasteiger partial charge in [-0.15, -0.1) is 0 Å². The molecule has 0 radical (unpaired) electrons. The van der Waals surface area contributed by atoms with Crippen molar-refractivity contribution in [1.29, 1.82) is 0 Å². The Balaban J connectivity index is 1.99. The molecule has 1 saturated carbocycles. The van der Waals surface area contributed by atoms with E-state index in [1.54, 1.807) is 13.3 Å². The standard InChI is InChI=1S/C14H21N3O2/c1-9-7-12(13(19-2)8-16-9)17-11-5-3-10(4-6-11)14(15)18/h7-8,10-11H,3-6H2,1-2H3,(H2,15,18)(H,16,17). The second-order valence-electron chi connectivity index (χ2n) is 5.12. The van der Waals surface area contributed by atoms with Crippen LogP contribution in [0.3, 0.4) is 0 Å². The van der Waals surface area contributed by atoms with E-state index in [0.29, 0.717) is 6.04 Å². The van der Waals surface area contributed by atoms with E-state index < -0.39 is 0 Å². The highest BCUT2D eigenvalue weighted by molar-refractivity contribution is 5.76. The van der Waals surface area contributed by atoms with Crippen molar-refractivity contribution in [2.75, 3.05) is 12.4 Å². The van der Waals surface area contributed by atoms with Gasteiger partial charge < -0.3 is 15.8 Å². The van der Waals surface area contributed by atoms with Crippen molar-refractivity contribution >= 4 is 11.6 Å². The number of ether oxygens (including phenoxy) is 1. The highest BCUT2D eigenvalue weighted by Crippen LogP contribution is 2.30. The van der Waals surface area contributed by atoms with Crippen molar-refractivity contribution in [1.82, 2.24) is 4.98 Å². The Hall–Kier alpha value is -1.78. The first kappa shape index (κ1) is 13.6. The van der Waals surface area contributed by atoms with E-state index in [0.717, 1.165) is 42.8 Å². The molecule has 2 rings (SSSR count). The zero-order chi connectivity index (χ0) is 13.8. The van der Waals surface area contributed by atoms with Gasteiger partial charge in [0.1, 0.15) is 0 Å². The van der Waals surface area contributed by atoms with Gasteiger partial charge in [0, 0.05) is 17.7 Å². The molecule has 0 aliphatic heterocycles. The first-order valence-electron chi connectivity index (χ1n) is 6.66. The number of hydrogen-bond acceptors (Lipinski definition) is 4. The molecular weight excluding hydrogens is 242 g/mol. The molecule has 0 spiro atoms. The van der Waals surface area contributed by atoms with Crippen molar-refractivity contribution < 1.29 is 9.53 Å². The minimum Gasteiger partial charge on any atom is -0.493 e. The molecule has 0 unspecified atom stereocenters. The van der Waals surface area contributed by atoms with Crippen LogP contribution in [0.25, 0.3) is 0 Å². The summed E-state index contributed by atoms with van der Waals surface area (Å²) in [7, 11) is 1.64. The van der Waals surface area contributed by atoms with Crippen LogP contribution in [-0.4, -0.2) is 24.0 Å². The van der Waals surface area contributed by atoms with Crippen molar-refractivity contribution in [3.05, 3.63) is 18.0 Å². The number of nitrogens with one attached hydrogen (secondary N) is 1. The van der Waals surface area contributed by atoms with Crippen LogP contribution in [0.1, 0.15) is 31.4 Å². The Morgan fingerprint density at radius 1 is 1.42 bits per heavy atom. The summed E-state index contributed by atoms with van der Waals surface area (Å²) < 4.78 is 5.30. The Morgan fingerprint density at radius 3 is 2.68 bits per heavy atom. The maximum absolute atomic E-state index is 11.1. The van der Waals surface area contributed by atoms with Crippen LogP contribution in [0.15, 0.2) is 12.3 Å². The first-order chi connectivity index (χ1) is 9.10. The third-order valence-corrected chi connectivity index (χ3v) is 3.71. The molecule has 0 saturated heterocycles. The zero-order valence-electron chi connectivity index (χ0n) is 11.5. The summed E-state index contributed by atoms with van der Waals surface area (Å²) in [6.07, 6.45) is 5.36. The fraction of sp³-hybridized carbons (Fsp3) is 0.571. The van der Waals surface area contributed by atoms with Crippen LogP contribution in [0.5, 0.6) is 5.75 Å². The van der Waals surface area contributed by atoms with E-state index in [-0.39, 0.29) is 11.8 Å². The van der Waals surface area contributed by atoms with Crippen LogP contribution < -0.4 is 15.8 Å². The smallest absolute Gasteiger partial charge is 0.220 e. The Bertz CT molecular complexity index is 454. The molecule has 5 heteroatoms. The quantitative estimate of drug-likeness (QED) is 0.869. The number of hydrogen-bond donors (Lipinski definition) is 2. The lowest BCUT2D eigenvalue weighted by atomic mass is 9.85. The van der Waals surface area contributed by atoms with Gasteiger partial charge in [-0.3, -0.25) is 9.78 Å². The topological polar surface area (TPSA) is 77.2 Å².